The average Bonchev–Trinajstić information content (AvgIpc) is 2.10. The summed E-state index contributed by atoms with van der Waals surface area (Å²) in [7, 11) is 0. The molecule has 0 N–H and O–H groups in total. The molecule has 0 saturated carbocycles. The number of hydrogen-bond acceptors (Lipinski definition) is 2. The Bertz CT molecular complexity index is 128. The molecule has 0 atom stereocenters. The molecule has 12 heavy (non-hydrogen) atoms. The molecule has 0 radical (unpaired) electrons. The molecule has 0 aliphatic carbocycles. The molecule has 0 fully saturated rings. The Morgan fingerprint density at radius 1 is 1.00 bits per heavy atom. The molecule has 0 bridgehead atoms. The van der Waals surface area contributed by atoms with Crippen LogP contribution in [0.5, 0.6) is 0 Å². The highest BCUT2D eigenvalue weighted by molar-refractivity contribution is 8.02. The van der Waals surface area contributed by atoms with Crippen molar-refractivity contribution in [1.29, 1.82) is 0 Å². The fourth-order valence-electron chi connectivity index (χ4n) is 0.594. The monoisotopic (exact) mass is 202 g/mol. The smallest absolute Gasteiger partial charge is 0.00261 e. The Labute approximate surface area is 84.9 Å². The van der Waals surface area contributed by atoms with Gasteiger partial charge in [0.05, 0.1) is 0 Å². The highest BCUT2D eigenvalue weighted by Gasteiger charge is 1.79. The van der Waals surface area contributed by atoms with Crippen molar-refractivity contribution < 1.29 is 0 Å². The first-order valence-electron chi connectivity index (χ1n) is 4.46. The third-order valence-corrected chi connectivity index (χ3v) is 2.80. The lowest BCUT2D eigenvalue weighted by Gasteiger charge is -1.89. The Morgan fingerprint density at radius 3 is 2.25 bits per heavy atom. The van der Waals surface area contributed by atoms with Crippen molar-refractivity contribution in [3.63, 3.8) is 0 Å². The predicted molar refractivity (Wildman–Crippen MR) is 63.8 cm³/mol. The topological polar surface area (TPSA) is 0 Å². The van der Waals surface area contributed by atoms with E-state index in [0.717, 1.165) is 5.75 Å². The van der Waals surface area contributed by atoms with Gasteiger partial charge >= 0.3 is 0 Å². The molecule has 0 spiro atoms. The summed E-state index contributed by atoms with van der Waals surface area (Å²) < 4.78 is 0. The highest BCUT2D eigenvalue weighted by atomic mass is 32.2. The van der Waals surface area contributed by atoms with Gasteiger partial charge in [-0.25, -0.2) is 0 Å². The van der Waals surface area contributed by atoms with Gasteiger partial charge in [-0.1, -0.05) is 32.4 Å². The minimum atomic E-state index is 1.16. The van der Waals surface area contributed by atoms with E-state index in [1.54, 1.807) is 0 Å². The lowest BCUT2D eigenvalue weighted by molar-refractivity contribution is 0.898. The summed E-state index contributed by atoms with van der Waals surface area (Å²) >= 11 is 3.73. The van der Waals surface area contributed by atoms with Crippen LogP contribution in [0, 0.1) is 0 Å². The van der Waals surface area contributed by atoms with Crippen LogP contribution >= 0.6 is 23.5 Å². The number of rotatable bonds is 7. The maximum absolute atomic E-state index is 2.22. The molecule has 0 unspecified atom stereocenters. The molecule has 0 nitrogen and oxygen atoms in total. The number of unbranched alkanes of at least 4 members (excludes halogenated alkanes) is 1. The second-order valence-corrected chi connectivity index (χ2v) is 4.53. The normalized spacial score (nSPS) is 11.8. The number of hydrogen-bond donors (Lipinski definition) is 0. The SMILES string of the molecule is CCCCS/C=C/C=C/SCC. The lowest BCUT2D eigenvalue weighted by Crippen LogP contribution is -1.71. The zero-order valence-electron chi connectivity index (χ0n) is 7.95. The van der Waals surface area contributed by atoms with Crippen molar-refractivity contribution in [2.75, 3.05) is 11.5 Å². The van der Waals surface area contributed by atoms with Crippen molar-refractivity contribution in [3.8, 4) is 0 Å². The van der Waals surface area contributed by atoms with Crippen LogP contribution in [0.3, 0.4) is 0 Å². The molecule has 0 aliphatic rings. The van der Waals surface area contributed by atoms with E-state index in [2.05, 4.69) is 36.8 Å². The van der Waals surface area contributed by atoms with E-state index in [-0.39, 0.29) is 0 Å². The average molecular weight is 202 g/mol. The first-order valence-corrected chi connectivity index (χ1v) is 6.56. The van der Waals surface area contributed by atoms with Crippen LogP contribution in [0.2, 0.25) is 0 Å². The van der Waals surface area contributed by atoms with E-state index in [0.29, 0.717) is 0 Å². The molecule has 0 rings (SSSR count). The van der Waals surface area contributed by atoms with Gasteiger partial charge in [0.1, 0.15) is 0 Å². The largest absolute Gasteiger partial charge is 0.134 e. The number of thioether (sulfide) groups is 2. The summed E-state index contributed by atoms with van der Waals surface area (Å²) in [5, 5.41) is 4.30. The maximum atomic E-state index is 2.22. The van der Waals surface area contributed by atoms with Gasteiger partial charge in [0.2, 0.25) is 0 Å². The van der Waals surface area contributed by atoms with Gasteiger partial charge in [-0.2, -0.15) is 0 Å². The van der Waals surface area contributed by atoms with Crippen LogP contribution in [-0.4, -0.2) is 11.5 Å². The van der Waals surface area contributed by atoms with Gasteiger partial charge in [-0.3, -0.25) is 0 Å². The van der Waals surface area contributed by atoms with Gasteiger partial charge in [-0.15, -0.1) is 23.5 Å². The first kappa shape index (κ1) is 12.2. The van der Waals surface area contributed by atoms with Gasteiger partial charge < -0.3 is 0 Å². The summed E-state index contributed by atoms with van der Waals surface area (Å²) in [6.45, 7) is 4.39. The summed E-state index contributed by atoms with van der Waals surface area (Å²) in [5.74, 6) is 2.41. The Morgan fingerprint density at radius 2 is 1.67 bits per heavy atom. The van der Waals surface area contributed by atoms with Crippen molar-refractivity contribution in [3.05, 3.63) is 23.0 Å². The maximum Gasteiger partial charge on any atom is -0.00261 e. The predicted octanol–water partition coefficient (Wildman–Crippen LogP) is 4.30. The second-order valence-electron chi connectivity index (χ2n) is 2.34. The fourth-order valence-corrected chi connectivity index (χ4v) is 1.78. The highest BCUT2D eigenvalue weighted by Crippen LogP contribution is 2.06. The third kappa shape index (κ3) is 10.2. The summed E-state index contributed by atoms with van der Waals surface area (Å²) in [6.07, 6.45) is 6.83. The van der Waals surface area contributed by atoms with Gasteiger partial charge in [0, 0.05) is 0 Å². The molecular formula is C10H18S2. The molecule has 0 aromatic rings. The fraction of sp³-hybridized carbons (Fsp3) is 0.600. The number of allylic oxidation sites excluding steroid dienone is 2. The van der Waals surface area contributed by atoms with Crippen molar-refractivity contribution >= 4 is 23.5 Å². The summed E-state index contributed by atoms with van der Waals surface area (Å²) in [5.41, 5.74) is 0. The Balaban J connectivity index is 3.13. The van der Waals surface area contributed by atoms with Crippen LogP contribution < -0.4 is 0 Å². The van der Waals surface area contributed by atoms with Gasteiger partial charge in [-0.05, 0) is 28.7 Å². The molecule has 0 aliphatic heterocycles. The van der Waals surface area contributed by atoms with Crippen LogP contribution in [0.15, 0.2) is 23.0 Å². The molecule has 0 aromatic heterocycles. The second kappa shape index (κ2) is 11.2. The Kier molecular flexibility index (Phi) is 11.3. The van der Waals surface area contributed by atoms with Crippen LogP contribution in [-0.2, 0) is 0 Å². The molecular weight excluding hydrogens is 184 g/mol. The van der Waals surface area contributed by atoms with Gasteiger partial charge in [0.25, 0.3) is 0 Å². The van der Waals surface area contributed by atoms with Crippen molar-refractivity contribution in [1.82, 2.24) is 0 Å². The summed E-state index contributed by atoms with van der Waals surface area (Å²) in [4.78, 5) is 0. The van der Waals surface area contributed by atoms with Crippen LogP contribution in [0.4, 0.5) is 0 Å². The van der Waals surface area contributed by atoms with E-state index in [1.165, 1.54) is 18.6 Å². The molecule has 70 valence electrons. The molecule has 0 heterocycles. The van der Waals surface area contributed by atoms with Crippen molar-refractivity contribution in [2.45, 2.75) is 26.7 Å². The minimum absolute atomic E-state index is 1.16. The first-order chi connectivity index (χ1) is 5.91. The van der Waals surface area contributed by atoms with Crippen molar-refractivity contribution in [2.24, 2.45) is 0 Å². The quantitative estimate of drug-likeness (QED) is 0.446. The molecule has 0 aromatic carbocycles. The minimum Gasteiger partial charge on any atom is -0.134 e. The zero-order chi connectivity index (χ0) is 9.07. The molecule has 0 amide bonds. The lowest BCUT2D eigenvalue weighted by atomic mass is 10.4. The standard InChI is InChI=1S/C10H18S2/c1-3-5-8-12-10-7-6-9-11-4-2/h6-7,9-10H,3-5,8H2,1-2H3/b9-6+,10-7+. The van der Waals surface area contributed by atoms with Crippen LogP contribution in [0.25, 0.3) is 0 Å². The van der Waals surface area contributed by atoms with Gasteiger partial charge in [0.15, 0.2) is 0 Å². The van der Waals surface area contributed by atoms with E-state index in [9.17, 15) is 0 Å². The molecule has 2 heteroatoms. The van der Waals surface area contributed by atoms with E-state index in [4.69, 9.17) is 0 Å². The zero-order valence-corrected chi connectivity index (χ0v) is 9.59. The van der Waals surface area contributed by atoms with E-state index < -0.39 is 0 Å². The Hall–Kier alpha value is 0.180. The third-order valence-electron chi connectivity index (χ3n) is 1.24. The van der Waals surface area contributed by atoms with E-state index in [1.807, 2.05) is 23.5 Å². The summed E-state index contributed by atoms with van der Waals surface area (Å²) in [6, 6.07) is 0. The van der Waals surface area contributed by atoms with E-state index >= 15 is 0 Å². The molecule has 0 saturated heterocycles. The van der Waals surface area contributed by atoms with Crippen LogP contribution in [0.1, 0.15) is 26.7 Å².